The number of anilines is 2. The predicted molar refractivity (Wildman–Crippen MR) is 145 cm³/mol. The number of carbonyl (C=O) groups excluding carboxylic acids is 2. The zero-order chi connectivity index (χ0) is 25.7. The summed E-state index contributed by atoms with van der Waals surface area (Å²) < 4.78 is 5.91. The first kappa shape index (κ1) is 25.6. The van der Waals surface area contributed by atoms with Crippen molar-refractivity contribution in [2.24, 2.45) is 0 Å². The van der Waals surface area contributed by atoms with Crippen molar-refractivity contribution in [1.82, 2.24) is 4.90 Å². The fourth-order valence-corrected chi connectivity index (χ4v) is 4.48. The van der Waals surface area contributed by atoms with Gasteiger partial charge in [-0.1, -0.05) is 49.7 Å². The molecule has 188 valence electrons. The van der Waals surface area contributed by atoms with Gasteiger partial charge in [0.15, 0.2) is 6.61 Å². The molecule has 0 radical (unpaired) electrons. The van der Waals surface area contributed by atoms with E-state index in [2.05, 4.69) is 36.2 Å². The molecule has 4 rings (SSSR count). The van der Waals surface area contributed by atoms with Gasteiger partial charge in [0.05, 0.1) is 11.4 Å². The van der Waals surface area contributed by atoms with Crippen LogP contribution in [0.2, 0.25) is 5.02 Å². The van der Waals surface area contributed by atoms with Crippen molar-refractivity contribution in [2.75, 3.05) is 43.0 Å². The zero-order valence-corrected chi connectivity index (χ0v) is 21.7. The van der Waals surface area contributed by atoms with Crippen molar-refractivity contribution in [2.45, 2.75) is 26.7 Å². The van der Waals surface area contributed by atoms with Gasteiger partial charge in [-0.25, -0.2) is 0 Å². The summed E-state index contributed by atoms with van der Waals surface area (Å²) in [6.07, 6.45) is 0. The lowest BCUT2D eigenvalue weighted by molar-refractivity contribution is -0.118. The third-order valence-electron chi connectivity index (χ3n) is 6.33. The highest BCUT2D eigenvalue weighted by atomic mass is 35.5. The van der Waals surface area contributed by atoms with Gasteiger partial charge in [0.2, 0.25) is 0 Å². The minimum atomic E-state index is -0.213. The molecule has 1 saturated heterocycles. The molecular weight excluding hydrogens is 474 g/mol. The second-order valence-corrected chi connectivity index (χ2v) is 9.77. The van der Waals surface area contributed by atoms with Gasteiger partial charge in [-0.2, -0.15) is 0 Å². The molecule has 6 nitrogen and oxygen atoms in total. The minimum Gasteiger partial charge on any atom is -0.483 e. The van der Waals surface area contributed by atoms with Crippen molar-refractivity contribution in [3.63, 3.8) is 0 Å². The smallest absolute Gasteiger partial charge is 0.262 e. The second kappa shape index (κ2) is 11.5. The van der Waals surface area contributed by atoms with Gasteiger partial charge in [-0.05, 0) is 66.4 Å². The van der Waals surface area contributed by atoms with Crippen LogP contribution >= 0.6 is 11.6 Å². The number of hydrogen-bond donors (Lipinski definition) is 1. The number of para-hydroxylation sites is 2. The molecule has 0 atom stereocenters. The summed E-state index contributed by atoms with van der Waals surface area (Å²) in [5.41, 5.74) is 4.48. The molecule has 0 saturated carbocycles. The Labute approximate surface area is 217 Å². The molecule has 1 aliphatic heterocycles. The van der Waals surface area contributed by atoms with Crippen LogP contribution in [0, 0.1) is 6.92 Å². The van der Waals surface area contributed by atoms with E-state index in [0.29, 0.717) is 42.7 Å². The summed E-state index contributed by atoms with van der Waals surface area (Å²) in [5, 5.41) is 3.62. The second-order valence-electron chi connectivity index (χ2n) is 9.34. The van der Waals surface area contributed by atoms with Crippen LogP contribution in [0.3, 0.4) is 0 Å². The Balaban J connectivity index is 1.37. The molecule has 1 aliphatic rings. The number of piperazine rings is 1. The first-order chi connectivity index (χ1) is 17.3. The average Bonchev–Trinajstić information content (AvgIpc) is 2.88. The van der Waals surface area contributed by atoms with Gasteiger partial charge in [0, 0.05) is 36.8 Å². The minimum absolute atomic E-state index is 0.00182. The topological polar surface area (TPSA) is 61.9 Å². The third-order valence-corrected chi connectivity index (χ3v) is 6.58. The number of ether oxygens (including phenoxy) is 1. The molecule has 0 aliphatic carbocycles. The number of halogens is 1. The lowest BCUT2D eigenvalue weighted by Gasteiger charge is -2.37. The molecule has 2 amide bonds. The van der Waals surface area contributed by atoms with Crippen LogP contribution in [0.1, 0.15) is 41.3 Å². The lowest BCUT2D eigenvalue weighted by atomic mass is 10.0. The van der Waals surface area contributed by atoms with Gasteiger partial charge in [0.1, 0.15) is 5.75 Å². The van der Waals surface area contributed by atoms with Gasteiger partial charge < -0.3 is 19.9 Å². The summed E-state index contributed by atoms with van der Waals surface area (Å²) >= 11 is 5.95. The molecular formula is C29H32ClN3O3. The van der Waals surface area contributed by atoms with E-state index >= 15 is 0 Å². The molecule has 3 aromatic rings. The SMILES string of the molecule is Cc1ccc(C(C)C)c(OCC(=O)Nc2ccccc2N2CCN(C(=O)c3ccc(Cl)cc3)CC2)c1. The van der Waals surface area contributed by atoms with Crippen molar-refractivity contribution in [3.05, 3.63) is 88.4 Å². The van der Waals surface area contributed by atoms with Crippen LogP contribution in [0.25, 0.3) is 0 Å². The van der Waals surface area contributed by atoms with Crippen molar-refractivity contribution in [3.8, 4) is 5.75 Å². The normalized spacial score (nSPS) is 13.6. The maximum absolute atomic E-state index is 12.8. The van der Waals surface area contributed by atoms with E-state index in [9.17, 15) is 9.59 Å². The summed E-state index contributed by atoms with van der Waals surface area (Å²) in [7, 11) is 0. The molecule has 3 aromatic carbocycles. The van der Waals surface area contributed by atoms with Crippen LogP contribution in [0.4, 0.5) is 11.4 Å². The first-order valence-corrected chi connectivity index (χ1v) is 12.6. The maximum Gasteiger partial charge on any atom is 0.262 e. The Hall–Kier alpha value is -3.51. The van der Waals surface area contributed by atoms with Crippen LogP contribution in [-0.4, -0.2) is 49.5 Å². The Morgan fingerprint density at radius 1 is 0.972 bits per heavy atom. The molecule has 1 fully saturated rings. The fourth-order valence-electron chi connectivity index (χ4n) is 4.35. The first-order valence-electron chi connectivity index (χ1n) is 12.2. The predicted octanol–water partition coefficient (Wildman–Crippen LogP) is 5.75. The van der Waals surface area contributed by atoms with E-state index < -0.39 is 0 Å². The van der Waals surface area contributed by atoms with E-state index in [4.69, 9.17) is 16.3 Å². The number of hydrogen-bond acceptors (Lipinski definition) is 4. The number of amides is 2. The quantitative estimate of drug-likeness (QED) is 0.444. The van der Waals surface area contributed by atoms with Crippen LogP contribution in [0.5, 0.6) is 5.75 Å². The summed E-state index contributed by atoms with van der Waals surface area (Å²) in [5.74, 6) is 0.835. The Morgan fingerprint density at radius 3 is 2.36 bits per heavy atom. The molecule has 0 aromatic heterocycles. The molecule has 1 heterocycles. The van der Waals surface area contributed by atoms with Gasteiger partial charge in [0.25, 0.3) is 11.8 Å². The van der Waals surface area contributed by atoms with E-state index in [1.54, 1.807) is 24.3 Å². The summed E-state index contributed by atoms with van der Waals surface area (Å²) in [6.45, 7) is 8.69. The number of benzene rings is 3. The monoisotopic (exact) mass is 505 g/mol. The summed E-state index contributed by atoms with van der Waals surface area (Å²) in [4.78, 5) is 29.7. The highest BCUT2D eigenvalue weighted by molar-refractivity contribution is 6.30. The molecule has 0 spiro atoms. The average molecular weight is 506 g/mol. The largest absolute Gasteiger partial charge is 0.483 e. The molecule has 0 bridgehead atoms. The zero-order valence-electron chi connectivity index (χ0n) is 21.0. The number of aryl methyl sites for hydroxylation is 1. The highest BCUT2D eigenvalue weighted by Gasteiger charge is 2.24. The highest BCUT2D eigenvalue weighted by Crippen LogP contribution is 2.29. The lowest BCUT2D eigenvalue weighted by Crippen LogP contribution is -2.49. The fraction of sp³-hybridized carbons (Fsp3) is 0.310. The maximum atomic E-state index is 12.8. The number of nitrogens with zero attached hydrogens (tertiary/aromatic N) is 2. The molecule has 0 unspecified atom stereocenters. The van der Waals surface area contributed by atoms with Crippen LogP contribution in [0.15, 0.2) is 66.7 Å². The van der Waals surface area contributed by atoms with E-state index in [1.807, 2.05) is 42.2 Å². The number of rotatable bonds is 7. The van der Waals surface area contributed by atoms with Gasteiger partial charge in [-0.3, -0.25) is 9.59 Å². The summed E-state index contributed by atoms with van der Waals surface area (Å²) in [6, 6.07) is 20.8. The van der Waals surface area contributed by atoms with Crippen LogP contribution in [-0.2, 0) is 4.79 Å². The van der Waals surface area contributed by atoms with E-state index in [-0.39, 0.29) is 18.4 Å². The Morgan fingerprint density at radius 2 is 1.67 bits per heavy atom. The number of nitrogens with one attached hydrogen (secondary N) is 1. The van der Waals surface area contributed by atoms with E-state index in [1.165, 1.54) is 0 Å². The molecule has 36 heavy (non-hydrogen) atoms. The third kappa shape index (κ3) is 6.18. The molecule has 1 N–H and O–H groups in total. The Bertz CT molecular complexity index is 1220. The van der Waals surface area contributed by atoms with Crippen molar-refractivity contribution < 1.29 is 14.3 Å². The number of carbonyl (C=O) groups is 2. The molecule has 7 heteroatoms. The Kier molecular flexibility index (Phi) is 8.16. The van der Waals surface area contributed by atoms with Gasteiger partial charge in [-0.15, -0.1) is 0 Å². The van der Waals surface area contributed by atoms with Crippen LogP contribution < -0.4 is 15.0 Å². The van der Waals surface area contributed by atoms with Crippen molar-refractivity contribution in [1.29, 1.82) is 0 Å². The standard InChI is InChI=1S/C29H32ClN3O3/c1-20(2)24-13-8-21(3)18-27(24)36-19-28(34)31-25-6-4-5-7-26(25)32-14-16-33(17-15-32)29(35)22-9-11-23(30)12-10-22/h4-13,18,20H,14-17,19H2,1-3H3,(H,31,34). The van der Waals surface area contributed by atoms with E-state index in [0.717, 1.165) is 28.3 Å². The van der Waals surface area contributed by atoms with Crippen molar-refractivity contribution >= 4 is 34.8 Å². The van der Waals surface area contributed by atoms with Gasteiger partial charge >= 0.3 is 0 Å².